The molecular formula is C12H14F2N2O4S. The number of rotatable bonds is 4. The Morgan fingerprint density at radius 2 is 2.00 bits per heavy atom. The first kappa shape index (κ1) is 15.8. The molecule has 21 heavy (non-hydrogen) atoms. The maximum absolute atomic E-state index is 12.4. The van der Waals surface area contributed by atoms with Crippen LogP contribution < -0.4 is 10.6 Å². The van der Waals surface area contributed by atoms with Crippen molar-refractivity contribution >= 4 is 21.4 Å². The zero-order valence-corrected chi connectivity index (χ0v) is 11.7. The van der Waals surface area contributed by atoms with E-state index in [1.165, 1.54) is 12.1 Å². The zero-order valence-electron chi connectivity index (χ0n) is 10.9. The van der Waals surface area contributed by atoms with Gasteiger partial charge in [-0.1, -0.05) is 0 Å². The number of amides is 1. The third-order valence-electron chi connectivity index (χ3n) is 2.90. The van der Waals surface area contributed by atoms with Gasteiger partial charge in [-0.25, -0.2) is 8.42 Å². The van der Waals surface area contributed by atoms with Gasteiger partial charge in [-0.3, -0.25) is 4.79 Å². The van der Waals surface area contributed by atoms with E-state index in [0.717, 1.165) is 12.1 Å². The third kappa shape index (κ3) is 3.74. The molecule has 2 rings (SSSR count). The van der Waals surface area contributed by atoms with Crippen LogP contribution in [0.15, 0.2) is 29.2 Å². The number of sulfone groups is 1. The number of morpholine rings is 1. The predicted molar refractivity (Wildman–Crippen MR) is 70.9 cm³/mol. The first-order chi connectivity index (χ1) is 9.91. The Kier molecular flexibility index (Phi) is 4.86. The summed E-state index contributed by atoms with van der Waals surface area (Å²) in [6.45, 7) is 1.47. The van der Waals surface area contributed by atoms with Crippen molar-refractivity contribution in [2.75, 3.05) is 25.0 Å². The van der Waals surface area contributed by atoms with E-state index in [-0.39, 0.29) is 5.91 Å². The molecular weight excluding hydrogens is 306 g/mol. The van der Waals surface area contributed by atoms with Gasteiger partial charge in [-0.2, -0.15) is 8.78 Å². The molecule has 0 aromatic heterocycles. The fourth-order valence-corrected chi connectivity index (χ4v) is 2.51. The SMILES string of the molecule is O=C(Nc1ccc(S(=O)(=O)C(F)F)cc1)C1CNCCO1. The van der Waals surface area contributed by atoms with Crippen molar-refractivity contribution in [3.05, 3.63) is 24.3 Å². The number of halogens is 2. The molecule has 1 aliphatic heterocycles. The molecule has 1 amide bonds. The summed E-state index contributed by atoms with van der Waals surface area (Å²) in [5.74, 6) is -3.86. The normalized spacial score (nSPS) is 19.5. The van der Waals surface area contributed by atoms with Crippen LogP contribution in [0.4, 0.5) is 14.5 Å². The molecule has 0 aliphatic carbocycles. The number of nitrogens with one attached hydrogen (secondary N) is 2. The second-order valence-corrected chi connectivity index (χ2v) is 6.30. The van der Waals surface area contributed by atoms with Crippen LogP contribution in [0.1, 0.15) is 0 Å². The second-order valence-electron chi connectivity index (χ2n) is 4.38. The van der Waals surface area contributed by atoms with Gasteiger partial charge in [0.2, 0.25) is 9.84 Å². The van der Waals surface area contributed by atoms with Gasteiger partial charge in [0, 0.05) is 18.8 Å². The van der Waals surface area contributed by atoms with E-state index >= 15 is 0 Å². The molecule has 1 fully saturated rings. The highest BCUT2D eigenvalue weighted by molar-refractivity contribution is 7.91. The van der Waals surface area contributed by atoms with Crippen LogP contribution in [0.2, 0.25) is 0 Å². The summed E-state index contributed by atoms with van der Waals surface area (Å²) in [5.41, 5.74) is 0.308. The Hall–Kier alpha value is -1.58. The zero-order chi connectivity index (χ0) is 15.5. The molecule has 0 bridgehead atoms. The Morgan fingerprint density at radius 1 is 1.33 bits per heavy atom. The maximum Gasteiger partial charge on any atom is 0.341 e. The largest absolute Gasteiger partial charge is 0.366 e. The van der Waals surface area contributed by atoms with Gasteiger partial charge >= 0.3 is 5.76 Å². The summed E-state index contributed by atoms with van der Waals surface area (Å²) in [4.78, 5) is 11.3. The van der Waals surface area contributed by atoms with Crippen LogP contribution in [-0.2, 0) is 19.4 Å². The molecule has 1 aliphatic rings. The molecule has 1 aromatic carbocycles. The van der Waals surface area contributed by atoms with Gasteiger partial charge in [-0.15, -0.1) is 0 Å². The van der Waals surface area contributed by atoms with Crippen molar-refractivity contribution in [2.45, 2.75) is 16.8 Å². The van der Waals surface area contributed by atoms with Crippen molar-refractivity contribution in [2.24, 2.45) is 0 Å². The monoisotopic (exact) mass is 320 g/mol. The standard InChI is InChI=1S/C12H14F2N2O4S/c13-12(14)21(18,19)9-3-1-8(2-4-9)16-11(17)10-7-15-5-6-20-10/h1-4,10,12,15H,5-7H2,(H,16,17). The Labute approximate surface area is 120 Å². The van der Waals surface area contributed by atoms with Crippen molar-refractivity contribution in [1.82, 2.24) is 5.32 Å². The highest BCUT2D eigenvalue weighted by Crippen LogP contribution is 2.20. The number of hydrogen-bond donors (Lipinski definition) is 2. The van der Waals surface area contributed by atoms with Gasteiger partial charge in [0.1, 0.15) is 6.10 Å². The Balaban J connectivity index is 2.04. The molecule has 1 saturated heterocycles. The first-order valence-electron chi connectivity index (χ1n) is 6.16. The first-order valence-corrected chi connectivity index (χ1v) is 7.71. The Bertz CT molecular complexity index is 598. The minimum atomic E-state index is -4.62. The van der Waals surface area contributed by atoms with Crippen LogP contribution in [0.3, 0.4) is 0 Å². The molecule has 116 valence electrons. The number of alkyl halides is 2. The number of carbonyl (C=O) groups is 1. The average molecular weight is 320 g/mol. The second kappa shape index (κ2) is 6.46. The van der Waals surface area contributed by atoms with E-state index in [2.05, 4.69) is 10.6 Å². The molecule has 0 radical (unpaired) electrons. The molecule has 1 aromatic rings. The summed E-state index contributed by atoms with van der Waals surface area (Å²) in [7, 11) is -4.62. The maximum atomic E-state index is 12.4. The molecule has 0 spiro atoms. The highest BCUT2D eigenvalue weighted by Gasteiger charge is 2.26. The van der Waals surface area contributed by atoms with Crippen molar-refractivity contribution in [3.8, 4) is 0 Å². The number of benzene rings is 1. The summed E-state index contributed by atoms with van der Waals surface area (Å²) < 4.78 is 52.5. The number of anilines is 1. The summed E-state index contributed by atoms with van der Waals surface area (Å²) >= 11 is 0. The highest BCUT2D eigenvalue weighted by atomic mass is 32.2. The van der Waals surface area contributed by atoms with Crippen molar-refractivity contribution in [1.29, 1.82) is 0 Å². The van der Waals surface area contributed by atoms with Crippen molar-refractivity contribution in [3.63, 3.8) is 0 Å². The fraction of sp³-hybridized carbons (Fsp3) is 0.417. The smallest absolute Gasteiger partial charge is 0.341 e. The van der Waals surface area contributed by atoms with Crippen LogP contribution >= 0.6 is 0 Å². The molecule has 9 heteroatoms. The topological polar surface area (TPSA) is 84.5 Å². The van der Waals surface area contributed by atoms with Crippen LogP contribution in [0.5, 0.6) is 0 Å². The fourth-order valence-electron chi connectivity index (χ4n) is 1.79. The molecule has 1 heterocycles. The quantitative estimate of drug-likeness (QED) is 0.849. The van der Waals surface area contributed by atoms with Gasteiger partial charge < -0.3 is 15.4 Å². The number of carbonyl (C=O) groups excluding carboxylic acids is 1. The lowest BCUT2D eigenvalue weighted by molar-refractivity contribution is -0.128. The summed E-state index contributed by atoms with van der Waals surface area (Å²) in [5, 5.41) is 5.53. The minimum absolute atomic E-state index is 0.308. The van der Waals surface area contributed by atoms with E-state index in [1.807, 2.05) is 0 Å². The number of hydrogen-bond acceptors (Lipinski definition) is 5. The lowest BCUT2D eigenvalue weighted by Crippen LogP contribution is -2.45. The minimum Gasteiger partial charge on any atom is -0.366 e. The Morgan fingerprint density at radius 3 is 2.52 bits per heavy atom. The lowest BCUT2D eigenvalue weighted by atomic mass is 10.2. The molecule has 2 N–H and O–H groups in total. The molecule has 1 unspecified atom stereocenters. The van der Waals surface area contributed by atoms with E-state index in [0.29, 0.717) is 25.4 Å². The van der Waals surface area contributed by atoms with Crippen LogP contribution in [-0.4, -0.2) is 45.9 Å². The van der Waals surface area contributed by atoms with Crippen molar-refractivity contribution < 1.29 is 26.7 Å². The predicted octanol–water partition coefficient (Wildman–Crippen LogP) is 0.610. The van der Waals surface area contributed by atoms with Gasteiger partial charge in [0.15, 0.2) is 0 Å². The van der Waals surface area contributed by atoms with Crippen LogP contribution in [0, 0.1) is 0 Å². The van der Waals surface area contributed by atoms with Gasteiger partial charge in [0.25, 0.3) is 5.91 Å². The molecule has 0 saturated carbocycles. The van der Waals surface area contributed by atoms with Gasteiger partial charge in [-0.05, 0) is 24.3 Å². The van der Waals surface area contributed by atoms with E-state index in [1.54, 1.807) is 0 Å². The average Bonchev–Trinajstić information content (AvgIpc) is 2.48. The summed E-state index contributed by atoms with van der Waals surface area (Å²) in [6.07, 6.45) is -0.636. The third-order valence-corrected chi connectivity index (χ3v) is 4.30. The summed E-state index contributed by atoms with van der Waals surface area (Å²) in [6, 6.07) is 4.56. The lowest BCUT2D eigenvalue weighted by Gasteiger charge is -2.22. The number of ether oxygens (including phenoxy) is 1. The van der Waals surface area contributed by atoms with Crippen LogP contribution in [0.25, 0.3) is 0 Å². The van der Waals surface area contributed by atoms with Gasteiger partial charge in [0.05, 0.1) is 11.5 Å². The van der Waals surface area contributed by atoms with E-state index in [4.69, 9.17) is 4.74 Å². The molecule has 1 atom stereocenters. The molecule has 6 nitrogen and oxygen atoms in total. The van der Waals surface area contributed by atoms with E-state index in [9.17, 15) is 22.0 Å². The van der Waals surface area contributed by atoms with E-state index < -0.39 is 26.6 Å².